The third-order valence-electron chi connectivity index (χ3n) is 1.33. The van der Waals surface area contributed by atoms with E-state index in [9.17, 15) is 0 Å². The van der Waals surface area contributed by atoms with Crippen LogP contribution >= 0.6 is 25.3 Å². The minimum atomic E-state index is 0.835. The maximum absolute atomic E-state index is 4.28. The summed E-state index contributed by atoms with van der Waals surface area (Å²) in [4.78, 5) is 0.981. The highest BCUT2D eigenvalue weighted by atomic mass is 32.1. The van der Waals surface area contributed by atoms with Crippen LogP contribution in [-0.2, 0) is 0 Å². The summed E-state index contributed by atoms with van der Waals surface area (Å²) in [7, 11) is 0. The molecule has 0 aliphatic rings. The number of hydrogen-bond acceptors (Lipinski definition) is 3. The minimum Gasteiger partial charge on any atom is -0.383 e. The Bertz CT molecular complexity index is 225. The van der Waals surface area contributed by atoms with Crippen LogP contribution in [0.15, 0.2) is 29.2 Å². The predicted octanol–water partition coefficient (Wildman–Crippen LogP) is 2.32. The maximum atomic E-state index is 4.28. The van der Waals surface area contributed by atoms with Crippen molar-refractivity contribution >= 4 is 30.9 Å². The largest absolute Gasteiger partial charge is 0.383 e. The molecule has 0 radical (unpaired) electrons. The molecule has 0 bridgehead atoms. The Morgan fingerprint density at radius 2 is 2.00 bits per heavy atom. The van der Waals surface area contributed by atoms with Crippen LogP contribution < -0.4 is 5.32 Å². The van der Waals surface area contributed by atoms with Crippen molar-refractivity contribution in [3.63, 3.8) is 0 Å². The van der Waals surface area contributed by atoms with E-state index in [-0.39, 0.29) is 0 Å². The number of nitrogens with one attached hydrogen (secondary N) is 1. The van der Waals surface area contributed by atoms with Crippen molar-refractivity contribution in [3.05, 3.63) is 24.3 Å². The first-order valence-corrected chi connectivity index (χ1v) is 4.55. The SMILES string of the molecule is SCCNc1ccccc1S. The Balaban J connectivity index is 2.62. The monoisotopic (exact) mass is 185 g/mol. The van der Waals surface area contributed by atoms with E-state index >= 15 is 0 Å². The van der Waals surface area contributed by atoms with E-state index in [4.69, 9.17) is 0 Å². The zero-order valence-electron chi connectivity index (χ0n) is 6.12. The van der Waals surface area contributed by atoms with Crippen LogP contribution in [0.4, 0.5) is 5.69 Å². The van der Waals surface area contributed by atoms with Crippen molar-refractivity contribution in [3.8, 4) is 0 Å². The average molecular weight is 185 g/mol. The van der Waals surface area contributed by atoms with Crippen LogP contribution in [0.1, 0.15) is 0 Å². The molecule has 0 saturated carbocycles. The molecule has 0 aromatic heterocycles. The first-order valence-electron chi connectivity index (χ1n) is 3.47. The third kappa shape index (κ3) is 2.67. The smallest absolute Gasteiger partial charge is 0.0476 e. The quantitative estimate of drug-likeness (QED) is 0.614. The standard InChI is InChI=1S/C8H11NS2/c10-6-5-9-7-3-1-2-4-8(7)11/h1-4,9-11H,5-6H2. The van der Waals surface area contributed by atoms with Gasteiger partial charge in [-0.05, 0) is 12.1 Å². The van der Waals surface area contributed by atoms with E-state index in [1.807, 2.05) is 24.3 Å². The normalized spacial score (nSPS) is 9.64. The van der Waals surface area contributed by atoms with Crippen molar-refractivity contribution in [2.24, 2.45) is 0 Å². The number of rotatable bonds is 3. The maximum Gasteiger partial charge on any atom is 0.0476 e. The molecular weight excluding hydrogens is 174 g/mol. The van der Waals surface area contributed by atoms with E-state index in [1.165, 1.54) is 0 Å². The van der Waals surface area contributed by atoms with E-state index in [2.05, 4.69) is 30.6 Å². The van der Waals surface area contributed by atoms with Gasteiger partial charge in [0, 0.05) is 22.9 Å². The summed E-state index contributed by atoms with van der Waals surface area (Å²) in [5.74, 6) is 0.835. The molecule has 0 amide bonds. The van der Waals surface area contributed by atoms with Crippen LogP contribution in [-0.4, -0.2) is 12.3 Å². The fourth-order valence-corrected chi connectivity index (χ4v) is 1.17. The lowest BCUT2D eigenvalue weighted by Crippen LogP contribution is -2.02. The molecule has 0 aliphatic heterocycles. The van der Waals surface area contributed by atoms with Crippen molar-refractivity contribution in [2.45, 2.75) is 4.90 Å². The molecule has 0 fully saturated rings. The molecule has 0 saturated heterocycles. The van der Waals surface area contributed by atoms with Crippen molar-refractivity contribution < 1.29 is 0 Å². The van der Waals surface area contributed by atoms with Crippen LogP contribution in [0.5, 0.6) is 0 Å². The predicted molar refractivity (Wildman–Crippen MR) is 56.0 cm³/mol. The Kier molecular flexibility index (Phi) is 3.66. The second kappa shape index (κ2) is 4.57. The van der Waals surface area contributed by atoms with E-state index in [0.717, 1.165) is 22.9 Å². The molecule has 1 nitrogen and oxygen atoms in total. The molecule has 0 unspecified atom stereocenters. The summed E-state index contributed by atoms with van der Waals surface area (Å²) < 4.78 is 0. The van der Waals surface area contributed by atoms with Gasteiger partial charge in [-0.2, -0.15) is 12.6 Å². The van der Waals surface area contributed by atoms with Crippen LogP contribution in [0.2, 0.25) is 0 Å². The first-order chi connectivity index (χ1) is 5.34. The van der Waals surface area contributed by atoms with Gasteiger partial charge < -0.3 is 5.32 Å². The Morgan fingerprint density at radius 1 is 1.27 bits per heavy atom. The van der Waals surface area contributed by atoms with Gasteiger partial charge in [0.2, 0.25) is 0 Å². The van der Waals surface area contributed by atoms with E-state index in [0.29, 0.717) is 0 Å². The van der Waals surface area contributed by atoms with Crippen LogP contribution in [0.3, 0.4) is 0 Å². The molecular formula is C8H11NS2. The second-order valence-corrected chi connectivity index (χ2v) is 3.10. The third-order valence-corrected chi connectivity index (χ3v) is 1.94. The molecule has 1 rings (SSSR count). The molecule has 0 atom stereocenters. The molecule has 3 heteroatoms. The van der Waals surface area contributed by atoms with Gasteiger partial charge in [-0.15, -0.1) is 12.6 Å². The molecule has 1 aromatic rings. The Morgan fingerprint density at radius 3 is 2.64 bits per heavy atom. The Labute approximate surface area is 78.0 Å². The summed E-state index contributed by atoms with van der Waals surface area (Å²) in [6, 6.07) is 7.92. The van der Waals surface area contributed by atoms with Crippen molar-refractivity contribution in [1.82, 2.24) is 0 Å². The molecule has 0 heterocycles. The highest BCUT2D eigenvalue weighted by Crippen LogP contribution is 2.17. The lowest BCUT2D eigenvalue weighted by molar-refractivity contribution is 1.21. The van der Waals surface area contributed by atoms with Gasteiger partial charge >= 0.3 is 0 Å². The molecule has 60 valence electrons. The fraction of sp³-hybridized carbons (Fsp3) is 0.250. The van der Waals surface area contributed by atoms with Gasteiger partial charge in [0.15, 0.2) is 0 Å². The highest BCUT2D eigenvalue weighted by Gasteiger charge is 1.93. The van der Waals surface area contributed by atoms with Gasteiger partial charge in [-0.1, -0.05) is 12.1 Å². The van der Waals surface area contributed by atoms with Crippen LogP contribution in [0, 0.1) is 0 Å². The summed E-state index contributed by atoms with van der Waals surface area (Å²) >= 11 is 8.38. The topological polar surface area (TPSA) is 12.0 Å². The van der Waals surface area contributed by atoms with Crippen LogP contribution in [0.25, 0.3) is 0 Å². The summed E-state index contributed by atoms with van der Waals surface area (Å²) in [5.41, 5.74) is 1.07. The molecule has 11 heavy (non-hydrogen) atoms. The van der Waals surface area contributed by atoms with Crippen molar-refractivity contribution in [2.75, 3.05) is 17.6 Å². The Hall–Kier alpha value is -0.280. The van der Waals surface area contributed by atoms with Gasteiger partial charge in [0.25, 0.3) is 0 Å². The lowest BCUT2D eigenvalue weighted by Gasteiger charge is -2.05. The van der Waals surface area contributed by atoms with Crippen molar-refractivity contribution in [1.29, 1.82) is 0 Å². The van der Waals surface area contributed by atoms with E-state index < -0.39 is 0 Å². The van der Waals surface area contributed by atoms with Gasteiger partial charge in [0.05, 0.1) is 0 Å². The molecule has 0 aliphatic carbocycles. The highest BCUT2D eigenvalue weighted by molar-refractivity contribution is 7.80. The fourth-order valence-electron chi connectivity index (χ4n) is 0.814. The second-order valence-electron chi connectivity index (χ2n) is 2.17. The average Bonchev–Trinajstić information content (AvgIpc) is 2.03. The summed E-state index contributed by atoms with van der Waals surface area (Å²) in [5, 5.41) is 3.21. The summed E-state index contributed by atoms with van der Waals surface area (Å²) in [6.45, 7) is 0.876. The number of benzene rings is 1. The first kappa shape index (κ1) is 8.81. The zero-order chi connectivity index (χ0) is 8.10. The number of hydrogen-bond donors (Lipinski definition) is 3. The van der Waals surface area contributed by atoms with Gasteiger partial charge in [-0.3, -0.25) is 0 Å². The minimum absolute atomic E-state index is 0.835. The molecule has 1 N–H and O–H groups in total. The lowest BCUT2D eigenvalue weighted by atomic mass is 10.3. The number of thiol groups is 2. The molecule has 0 spiro atoms. The van der Waals surface area contributed by atoms with Gasteiger partial charge in [-0.25, -0.2) is 0 Å². The number of anilines is 1. The number of para-hydroxylation sites is 1. The summed E-state index contributed by atoms with van der Waals surface area (Å²) in [6.07, 6.45) is 0. The van der Waals surface area contributed by atoms with Gasteiger partial charge in [0.1, 0.15) is 0 Å². The zero-order valence-corrected chi connectivity index (χ0v) is 7.91. The molecule has 1 aromatic carbocycles. The van der Waals surface area contributed by atoms with E-state index in [1.54, 1.807) is 0 Å².